The molecule has 18 heavy (non-hydrogen) atoms. The van der Waals surface area contributed by atoms with Gasteiger partial charge in [0, 0.05) is 5.56 Å². The molecule has 94 valence electrons. The first kappa shape index (κ1) is 12.2. The molecular weight excluding hydrogens is 242 g/mol. The van der Waals surface area contributed by atoms with Crippen LogP contribution in [0.1, 0.15) is 5.56 Å². The van der Waals surface area contributed by atoms with Gasteiger partial charge in [-0.1, -0.05) is 18.2 Å². The lowest BCUT2D eigenvalue weighted by Gasteiger charge is -2.07. The van der Waals surface area contributed by atoms with Gasteiger partial charge in [0.1, 0.15) is 12.4 Å². The van der Waals surface area contributed by atoms with Crippen LogP contribution in [0.15, 0.2) is 30.5 Å². The van der Waals surface area contributed by atoms with Crippen molar-refractivity contribution in [3.05, 3.63) is 47.7 Å². The van der Waals surface area contributed by atoms with Gasteiger partial charge in [0.15, 0.2) is 0 Å². The Morgan fingerprint density at radius 1 is 1.22 bits per heavy atom. The van der Waals surface area contributed by atoms with Crippen molar-refractivity contribution >= 4 is 5.95 Å². The summed E-state index contributed by atoms with van der Waals surface area (Å²) in [4.78, 5) is 7.22. The number of hydrogen-bond acceptors (Lipinski definition) is 5. The molecule has 5 nitrogen and oxygen atoms in total. The molecule has 0 amide bonds. The van der Waals surface area contributed by atoms with Crippen LogP contribution in [0.3, 0.4) is 0 Å². The van der Waals surface area contributed by atoms with Crippen LogP contribution in [0.5, 0.6) is 5.88 Å². The Morgan fingerprint density at radius 3 is 2.72 bits per heavy atom. The second-order valence-corrected chi connectivity index (χ2v) is 3.37. The minimum absolute atomic E-state index is 0.0138. The Labute approximate surface area is 102 Å². The number of hydrazine groups is 1. The molecule has 2 rings (SSSR count). The summed E-state index contributed by atoms with van der Waals surface area (Å²) in [6, 6.07) is 6.05. The predicted molar refractivity (Wildman–Crippen MR) is 60.5 cm³/mol. The van der Waals surface area contributed by atoms with Gasteiger partial charge in [0.25, 0.3) is 5.88 Å². The topological polar surface area (TPSA) is 73.1 Å². The van der Waals surface area contributed by atoms with Gasteiger partial charge in [0.2, 0.25) is 11.8 Å². The lowest BCUT2D eigenvalue weighted by atomic mass is 10.2. The first-order chi connectivity index (χ1) is 8.70. The number of nitrogens with one attached hydrogen (secondary N) is 1. The zero-order valence-electron chi connectivity index (χ0n) is 9.23. The van der Waals surface area contributed by atoms with Gasteiger partial charge in [-0.15, -0.1) is 0 Å². The fourth-order valence-electron chi connectivity index (χ4n) is 1.28. The van der Waals surface area contributed by atoms with Crippen LogP contribution in [-0.4, -0.2) is 9.97 Å². The molecule has 0 aliphatic heterocycles. The van der Waals surface area contributed by atoms with Crippen LogP contribution >= 0.6 is 0 Å². The summed E-state index contributed by atoms with van der Waals surface area (Å²) in [6.45, 7) is -0.134. The third-order valence-electron chi connectivity index (χ3n) is 2.16. The van der Waals surface area contributed by atoms with E-state index in [9.17, 15) is 8.78 Å². The van der Waals surface area contributed by atoms with Crippen molar-refractivity contribution in [2.24, 2.45) is 5.84 Å². The standard InChI is InChI=1S/C11H10F2N4O/c12-8-4-2-1-3-7(8)6-18-10-9(13)5-15-11(16-10)17-14/h1-5H,6,14H2,(H,15,16,17). The number of aromatic nitrogens is 2. The maximum Gasteiger partial charge on any atom is 0.255 e. The molecule has 0 saturated carbocycles. The molecular formula is C11H10F2N4O. The highest BCUT2D eigenvalue weighted by Crippen LogP contribution is 2.16. The zero-order chi connectivity index (χ0) is 13.0. The maximum atomic E-state index is 13.3. The first-order valence-electron chi connectivity index (χ1n) is 5.06. The number of rotatable bonds is 4. The van der Waals surface area contributed by atoms with E-state index in [0.717, 1.165) is 6.20 Å². The van der Waals surface area contributed by atoms with E-state index in [-0.39, 0.29) is 18.4 Å². The van der Waals surface area contributed by atoms with Crippen molar-refractivity contribution in [3.63, 3.8) is 0 Å². The Bertz CT molecular complexity index is 550. The number of ether oxygens (including phenoxy) is 1. The monoisotopic (exact) mass is 252 g/mol. The minimum Gasteiger partial charge on any atom is -0.470 e. The van der Waals surface area contributed by atoms with Crippen LogP contribution in [0, 0.1) is 11.6 Å². The van der Waals surface area contributed by atoms with E-state index in [1.807, 2.05) is 0 Å². The lowest BCUT2D eigenvalue weighted by molar-refractivity contribution is 0.271. The SMILES string of the molecule is NNc1ncc(F)c(OCc2ccccc2F)n1. The Balaban J connectivity index is 2.13. The lowest BCUT2D eigenvalue weighted by Crippen LogP contribution is -2.12. The predicted octanol–water partition coefficient (Wildman–Crippen LogP) is 1.62. The third-order valence-corrected chi connectivity index (χ3v) is 2.16. The van der Waals surface area contributed by atoms with E-state index in [0.29, 0.717) is 5.56 Å². The molecule has 0 bridgehead atoms. The molecule has 0 spiro atoms. The van der Waals surface area contributed by atoms with Crippen LogP contribution in [0.2, 0.25) is 0 Å². The van der Waals surface area contributed by atoms with E-state index in [1.165, 1.54) is 12.1 Å². The molecule has 0 fully saturated rings. The van der Waals surface area contributed by atoms with Gasteiger partial charge >= 0.3 is 0 Å². The maximum absolute atomic E-state index is 13.3. The summed E-state index contributed by atoms with van der Waals surface area (Å²) in [5.41, 5.74) is 2.46. The summed E-state index contributed by atoms with van der Waals surface area (Å²) in [5, 5.41) is 0. The van der Waals surface area contributed by atoms with Crippen molar-refractivity contribution in [1.82, 2.24) is 9.97 Å². The molecule has 1 heterocycles. The molecule has 0 aliphatic rings. The summed E-state index contributed by atoms with van der Waals surface area (Å²) >= 11 is 0. The van der Waals surface area contributed by atoms with Gasteiger partial charge in [-0.2, -0.15) is 9.37 Å². The highest BCUT2D eigenvalue weighted by molar-refractivity contribution is 5.27. The second kappa shape index (κ2) is 5.37. The van der Waals surface area contributed by atoms with Gasteiger partial charge in [-0.25, -0.2) is 15.2 Å². The molecule has 0 unspecified atom stereocenters. The Hall–Kier alpha value is -2.28. The van der Waals surface area contributed by atoms with Crippen molar-refractivity contribution in [1.29, 1.82) is 0 Å². The van der Waals surface area contributed by atoms with Crippen molar-refractivity contribution in [2.45, 2.75) is 6.61 Å². The van der Waals surface area contributed by atoms with E-state index in [2.05, 4.69) is 15.4 Å². The molecule has 0 radical (unpaired) electrons. The van der Waals surface area contributed by atoms with E-state index >= 15 is 0 Å². The van der Waals surface area contributed by atoms with Crippen molar-refractivity contribution < 1.29 is 13.5 Å². The molecule has 3 N–H and O–H groups in total. The minimum atomic E-state index is -0.745. The number of nitrogen functional groups attached to an aromatic ring is 1. The molecule has 0 aliphatic carbocycles. The van der Waals surface area contributed by atoms with E-state index in [4.69, 9.17) is 10.6 Å². The number of nitrogens with two attached hydrogens (primary N) is 1. The molecule has 0 atom stereocenters. The zero-order valence-corrected chi connectivity index (χ0v) is 9.23. The van der Waals surface area contributed by atoms with Crippen LogP contribution < -0.4 is 16.0 Å². The third kappa shape index (κ3) is 2.69. The second-order valence-electron chi connectivity index (χ2n) is 3.37. The average molecular weight is 252 g/mol. The van der Waals surface area contributed by atoms with Gasteiger partial charge < -0.3 is 4.74 Å². The van der Waals surface area contributed by atoms with Gasteiger partial charge in [-0.05, 0) is 6.07 Å². The van der Waals surface area contributed by atoms with Crippen LogP contribution in [0.25, 0.3) is 0 Å². The smallest absolute Gasteiger partial charge is 0.255 e. The van der Waals surface area contributed by atoms with Crippen molar-refractivity contribution in [2.75, 3.05) is 5.43 Å². The fourth-order valence-corrected chi connectivity index (χ4v) is 1.28. The molecule has 1 aromatic heterocycles. The normalized spacial score (nSPS) is 10.2. The number of anilines is 1. The number of hydrogen-bond donors (Lipinski definition) is 2. The number of halogens is 2. The van der Waals surface area contributed by atoms with Crippen LogP contribution in [-0.2, 0) is 6.61 Å². The summed E-state index contributed by atoms with van der Waals surface area (Å²) < 4.78 is 31.7. The van der Waals surface area contributed by atoms with E-state index < -0.39 is 11.6 Å². The molecule has 1 aromatic carbocycles. The highest BCUT2D eigenvalue weighted by Gasteiger charge is 2.09. The number of nitrogens with zero attached hydrogens (tertiary/aromatic N) is 2. The number of benzene rings is 1. The Kier molecular flexibility index (Phi) is 3.63. The summed E-state index contributed by atoms with van der Waals surface area (Å²) in [7, 11) is 0. The fraction of sp³-hybridized carbons (Fsp3) is 0.0909. The highest BCUT2D eigenvalue weighted by atomic mass is 19.1. The molecule has 0 saturated heterocycles. The Morgan fingerprint density at radius 2 is 2.00 bits per heavy atom. The van der Waals surface area contributed by atoms with Crippen molar-refractivity contribution in [3.8, 4) is 5.88 Å². The van der Waals surface area contributed by atoms with Gasteiger partial charge in [-0.3, -0.25) is 5.43 Å². The average Bonchev–Trinajstić information content (AvgIpc) is 2.39. The molecule has 2 aromatic rings. The quantitative estimate of drug-likeness (QED) is 0.639. The van der Waals surface area contributed by atoms with E-state index in [1.54, 1.807) is 12.1 Å². The summed E-state index contributed by atoms with van der Waals surface area (Å²) in [6.07, 6.45) is 0.916. The molecule has 7 heteroatoms. The van der Waals surface area contributed by atoms with Crippen LogP contribution in [0.4, 0.5) is 14.7 Å². The first-order valence-corrected chi connectivity index (χ1v) is 5.06. The van der Waals surface area contributed by atoms with Gasteiger partial charge in [0.05, 0.1) is 6.20 Å². The largest absolute Gasteiger partial charge is 0.470 e. The summed E-state index contributed by atoms with van der Waals surface area (Å²) in [5.74, 6) is 3.64.